The second kappa shape index (κ2) is 7.64. The lowest BCUT2D eigenvalue weighted by molar-refractivity contribution is -0.140. The molecule has 0 aliphatic heterocycles. The molecule has 1 aromatic rings. The first kappa shape index (κ1) is 15.3. The molecule has 0 unspecified atom stereocenters. The molecule has 110 valence electrons. The molecule has 20 heavy (non-hydrogen) atoms. The van der Waals surface area contributed by atoms with Gasteiger partial charge >= 0.3 is 5.97 Å². The predicted octanol–water partition coefficient (Wildman–Crippen LogP) is 3.03. The number of nitrogens with one attached hydrogen (secondary N) is 1. The Morgan fingerprint density at radius 3 is 2.90 bits per heavy atom. The van der Waals surface area contributed by atoms with Crippen LogP contribution in [0.1, 0.15) is 31.2 Å². The van der Waals surface area contributed by atoms with E-state index in [-0.39, 0.29) is 5.97 Å². The minimum atomic E-state index is -0.200. The summed E-state index contributed by atoms with van der Waals surface area (Å²) < 4.78 is 11.2. The van der Waals surface area contributed by atoms with E-state index >= 15 is 0 Å². The van der Waals surface area contributed by atoms with Crippen LogP contribution < -0.4 is 10.1 Å². The van der Waals surface area contributed by atoms with Crippen molar-refractivity contribution in [2.24, 2.45) is 0 Å². The quantitative estimate of drug-likeness (QED) is 0.583. The van der Waals surface area contributed by atoms with Gasteiger partial charge in [0.15, 0.2) is 0 Å². The van der Waals surface area contributed by atoms with E-state index < -0.39 is 0 Å². The maximum atomic E-state index is 11.0. The number of rotatable bonds is 8. The van der Waals surface area contributed by atoms with Gasteiger partial charge in [-0.2, -0.15) is 0 Å². The Balaban J connectivity index is 1.74. The average Bonchev–Trinajstić information content (AvgIpc) is 3.27. The van der Waals surface area contributed by atoms with Crippen molar-refractivity contribution in [2.45, 2.75) is 38.3 Å². The lowest BCUT2D eigenvalue weighted by Gasteiger charge is -2.10. The Morgan fingerprint density at radius 2 is 2.25 bits per heavy atom. The van der Waals surface area contributed by atoms with E-state index in [0.29, 0.717) is 25.5 Å². The van der Waals surface area contributed by atoms with Gasteiger partial charge in [0.2, 0.25) is 0 Å². The zero-order valence-electron chi connectivity index (χ0n) is 11.7. The first-order chi connectivity index (χ1) is 9.69. The van der Waals surface area contributed by atoms with Crippen molar-refractivity contribution in [2.75, 3.05) is 13.7 Å². The molecule has 1 N–H and O–H groups in total. The molecular formula is C15H20BrNO3. The van der Waals surface area contributed by atoms with Gasteiger partial charge in [-0.15, -0.1) is 0 Å². The fraction of sp³-hybridized carbons (Fsp3) is 0.533. The molecule has 1 aliphatic rings. The third kappa shape index (κ3) is 5.13. The van der Waals surface area contributed by atoms with E-state index in [1.807, 2.05) is 6.07 Å². The van der Waals surface area contributed by atoms with E-state index in [1.54, 1.807) is 0 Å². The number of methoxy groups -OCH3 is 1. The van der Waals surface area contributed by atoms with Crippen LogP contribution in [-0.4, -0.2) is 25.7 Å². The summed E-state index contributed by atoms with van der Waals surface area (Å²) in [5.41, 5.74) is 1.24. The summed E-state index contributed by atoms with van der Waals surface area (Å²) in [6.45, 7) is 1.40. The lowest BCUT2D eigenvalue weighted by Crippen LogP contribution is -2.15. The van der Waals surface area contributed by atoms with Crippen LogP contribution in [0.25, 0.3) is 0 Å². The molecule has 0 radical (unpaired) electrons. The first-order valence-corrected chi connectivity index (χ1v) is 7.70. The van der Waals surface area contributed by atoms with Crippen LogP contribution in [-0.2, 0) is 16.1 Å². The van der Waals surface area contributed by atoms with Crippen molar-refractivity contribution in [1.29, 1.82) is 0 Å². The molecule has 0 amide bonds. The molecular weight excluding hydrogens is 322 g/mol. The third-order valence-electron chi connectivity index (χ3n) is 3.18. The molecule has 1 saturated carbocycles. The van der Waals surface area contributed by atoms with Gasteiger partial charge in [0.1, 0.15) is 5.75 Å². The minimum absolute atomic E-state index is 0.200. The van der Waals surface area contributed by atoms with Gasteiger partial charge in [0.05, 0.1) is 18.2 Å². The molecule has 0 aromatic heterocycles. The van der Waals surface area contributed by atoms with Gasteiger partial charge in [-0.3, -0.25) is 4.79 Å². The van der Waals surface area contributed by atoms with Crippen LogP contribution >= 0.6 is 15.9 Å². The highest BCUT2D eigenvalue weighted by Gasteiger charge is 2.19. The van der Waals surface area contributed by atoms with E-state index in [2.05, 4.69) is 38.1 Å². The number of hydrogen-bond donors (Lipinski definition) is 1. The zero-order chi connectivity index (χ0) is 14.4. The van der Waals surface area contributed by atoms with Crippen LogP contribution in [0.3, 0.4) is 0 Å². The van der Waals surface area contributed by atoms with Gasteiger partial charge in [-0.1, -0.05) is 6.07 Å². The second-order valence-corrected chi connectivity index (χ2v) is 5.80. The van der Waals surface area contributed by atoms with Crippen molar-refractivity contribution in [1.82, 2.24) is 5.32 Å². The Hall–Kier alpha value is -1.07. The Bertz CT molecular complexity index is 460. The largest absolute Gasteiger partial charge is 0.492 e. The van der Waals surface area contributed by atoms with Crippen molar-refractivity contribution in [3.63, 3.8) is 0 Å². The van der Waals surface area contributed by atoms with Crippen LogP contribution in [0.15, 0.2) is 22.7 Å². The number of carbonyl (C=O) groups is 1. The zero-order valence-corrected chi connectivity index (χ0v) is 13.2. The van der Waals surface area contributed by atoms with Crippen molar-refractivity contribution < 1.29 is 14.3 Å². The number of ether oxygens (including phenoxy) is 2. The van der Waals surface area contributed by atoms with Gasteiger partial charge in [0, 0.05) is 19.0 Å². The number of hydrogen-bond acceptors (Lipinski definition) is 4. The Labute approximate surface area is 128 Å². The Morgan fingerprint density at radius 1 is 1.45 bits per heavy atom. The van der Waals surface area contributed by atoms with Crippen LogP contribution in [0.4, 0.5) is 0 Å². The third-order valence-corrected chi connectivity index (χ3v) is 3.80. The summed E-state index contributed by atoms with van der Waals surface area (Å²) >= 11 is 3.52. The average molecular weight is 342 g/mol. The van der Waals surface area contributed by atoms with E-state index in [9.17, 15) is 4.79 Å². The monoisotopic (exact) mass is 341 g/mol. The normalized spacial score (nSPS) is 14.1. The standard InChI is InChI=1S/C15H20BrNO3/c1-19-15(18)3-2-8-20-14-7-4-11(9-13(14)16)10-17-12-5-6-12/h4,7,9,12,17H,2-3,5-6,8,10H2,1H3. The number of halogens is 1. The lowest BCUT2D eigenvalue weighted by atomic mass is 10.2. The molecule has 0 spiro atoms. The number of benzene rings is 1. The molecule has 0 saturated heterocycles. The van der Waals surface area contributed by atoms with Crippen molar-refractivity contribution >= 4 is 21.9 Å². The highest BCUT2D eigenvalue weighted by Crippen LogP contribution is 2.27. The summed E-state index contributed by atoms with van der Waals surface area (Å²) in [6, 6.07) is 6.82. The molecule has 0 atom stereocenters. The molecule has 1 aliphatic carbocycles. The van der Waals surface area contributed by atoms with E-state index in [4.69, 9.17) is 4.74 Å². The topological polar surface area (TPSA) is 47.6 Å². The maximum absolute atomic E-state index is 11.0. The molecule has 1 aromatic carbocycles. The predicted molar refractivity (Wildman–Crippen MR) is 80.7 cm³/mol. The maximum Gasteiger partial charge on any atom is 0.305 e. The molecule has 0 bridgehead atoms. The smallest absolute Gasteiger partial charge is 0.305 e. The molecule has 4 nitrogen and oxygen atoms in total. The van der Waals surface area contributed by atoms with Crippen molar-refractivity contribution in [3.05, 3.63) is 28.2 Å². The highest BCUT2D eigenvalue weighted by atomic mass is 79.9. The fourth-order valence-electron chi connectivity index (χ4n) is 1.82. The van der Waals surface area contributed by atoms with Gasteiger partial charge in [-0.25, -0.2) is 0 Å². The SMILES string of the molecule is COC(=O)CCCOc1ccc(CNC2CC2)cc1Br. The van der Waals surface area contributed by atoms with Crippen LogP contribution in [0, 0.1) is 0 Å². The Kier molecular flexibility index (Phi) is 5.86. The van der Waals surface area contributed by atoms with E-state index in [1.165, 1.54) is 25.5 Å². The fourth-order valence-corrected chi connectivity index (χ4v) is 2.36. The number of esters is 1. The minimum Gasteiger partial charge on any atom is -0.492 e. The molecule has 0 heterocycles. The van der Waals surface area contributed by atoms with Gasteiger partial charge in [-0.05, 0) is 52.9 Å². The van der Waals surface area contributed by atoms with Crippen LogP contribution in [0.5, 0.6) is 5.75 Å². The molecule has 2 rings (SSSR count). The number of carbonyl (C=O) groups excluding carboxylic acids is 1. The molecule has 5 heteroatoms. The van der Waals surface area contributed by atoms with Crippen LogP contribution in [0.2, 0.25) is 0 Å². The van der Waals surface area contributed by atoms with E-state index in [0.717, 1.165) is 16.8 Å². The summed E-state index contributed by atoms with van der Waals surface area (Å²) in [5.74, 6) is 0.610. The molecule has 1 fully saturated rings. The highest BCUT2D eigenvalue weighted by molar-refractivity contribution is 9.10. The summed E-state index contributed by atoms with van der Waals surface area (Å²) in [7, 11) is 1.40. The summed E-state index contributed by atoms with van der Waals surface area (Å²) in [4.78, 5) is 11.0. The van der Waals surface area contributed by atoms with Gasteiger partial charge < -0.3 is 14.8 Å². The first-order valence-electron chi connectivity index (χ1n) is 6.90. The summed E-state index contributed by atoms with van der Waals surface area (Å²) in [6.07, 6.45) is 3.63. The van der Waals surface area contributed by atoms with Gasteiger partial charge in [0.25, 0.3) is 0 Å². The van der Waals surface area contributed by atoms with Crippen molar-refractivity contribution in [3.8, 4) is 5.75 Å². The second-order valence-electron chi connectivity index (χ2n) is 4.95. The summed E-state index contributed by atoms with van der Waals surface area (Å²) in [5, 5.41) is 3.48.